The van der Waals surface area contributed by atoms with Gasteiger partial charge in [-0.25, -0.2) is 0 Å². The van der Waals surface area contributed by atoms with Crippen LogP contribution in [-0.2, 0) is 0 Å². The zero-order valence-electron chi connectivity index (χ0n) is 10.3. The summed E-state index contributed by atoms with van der Waals surface area (Å²) in [7, 11) is 1.75. The largest absolute Gasteiger partial charge is 0.357 e. The van der Waals surface area contributed by atoms with E-state index in [-0.39, 0.29) is 0 Å². The quantitative estimate of drug-likeness (QED) is 0.430. The van der Waals surface area contributed by atoms with Crippen LogP contribution >= 0.6 is 25.3 Å². The maximum absolute atomic E-state index is 4.37. The minimum Gasteiger partial charge on any atom is -0.357 e. The van der Waals surface area contributed by atoms with Crippen molar-refractivity contribution in [2.24, 2.45) is 0 Å². The summed E-state index contributed by atoms with van der Waals surface area (Å²) < 4.78 is 0. The summed E-state index contributed by atoms with van der Waals surface area (Å²) in [6.07, 6.45) is 0. The Morgan fingerprint density at radius 1 is 1.05 bits per heavy atom. The van der Waals surface area contributed by atoms with Crippen LogP contribution in [-0.4, -0.2) is 27.9 Å². The van der Waals surface area contributed by atoms with E-state index in [1.54, 1.807) is 7.05 Å². The minimum atomic E-state index is 0.435. The zero-order valence-corrected chi connectivity index (χ0v) is 12.0. The molecule has 1 aromatic heterocycles. The molecule has 19 heavy (non-hydrogen) atoms. The number of hydrogen-bond acceptors (Lipinski definition) is 8. The van der Waals surface area contributed by atoms with Crippen LogP contribution in [0.5, 0.6) is 0 Å². The molecule has 8 heteroatoms. The molecule has 0 unspecified atom stereocenters. The molecule has 0 aliphatic carbocycles. The van der Waals surface area contributed by atoms with Crippen molar-refractivity contribution >= 4 is 48.8 Å². The second-order valence-corrected chi connectivity index (χ2v) is 4.33. The first kappa shape index (κ1) is 13.8. The van der Waals surface area contributed by atoms with E-state index >= 15 is 0 Å². The van der Waals surface area contributed by atoms with Crippen LogP contribution in [0.2, 0.25) is 0 Å². The highest BCUT2D eigenvalue weighted by atomic mass is 32.1. The monoisotopic (exact) mass is 294 g/mol. The second-order valence-electron chi connectivity index (χ2n) is 3.53. The summed E-state index contributed by atoms with van der Waals surface area (Å²) in [4.78, 5) is 13.4. The summed E-state index contributed by atoms with van der Waals surface area (Å²) in [6, 6.07) is 7.61. The summed E-state index contributed by atoms with van der Waals surface area (Å²) in [5.41, 5.74) is 0.830. The molecule has 2 aromatic rings. The Hall–Kier alpha value is -1.67. The topological polar surface area (TPSA) is 74.8 Å². The van der Waals surface area contributed by atoms with Gasteiger partial charge in [-0.2, -0.15) is 27.6 Å². The smallest absolute Gasteiger partial charge is 0.233 e. The molecule has 100 valence electrons. The van der Waals surface area contributed by atoms with Crippen LogP contribution in [0.15, 0.2) is 29.2 Å². The van der Waals surface area contributed by atoms with Gasteiger partial charge < -0.3 is 16.0 Å². The molecule has 1 heterocycles. The maximum Gasteiger partial charge on any atom is 0.233 e. The van der Waals surface area contributed by atoms with Gasteiger partial charge in [0.1, 0.15) is 0 Å². The Morgan fingerprint density at radius 2 is 1.74 bits per heavy atom. The molecule has 1 aromatic carbocycles. The van der Waals surface area contributed by atoms with Gasteiger partial charge >= 0.3 is 0 Å². The van der Waals surface area contributed by atoms with Crippen molar-refractivity contribution in [3.63, 3.8) is 0 Å². The normalized spacial score (nSPS) is 10.1. The van der Waals surface area contributed by atoms with E-state index < -0.39 is 0 Å². The Bertz CT molecular complexity index is 563. The van der Waals surface area contributed by atoms with Crippen LogP contribution < -0.4 is 16.0 Å². The highest BCUT2D eigenvalue weighted by Crippen LogP contribution is 2.22. The van der Waals surface area contributed by atoms with Gasteiger partial charge in [0, 0.05) is 11.9 Å². The van der Waals surface area contributed by atoms with E-state index in [0.717, 1.165) is 10.6 Å². The number of hydrogen-bond donors (Lipinski definition) is 5. The molecule has 6 nitrogen and oxygen atoms in total. The molecule has 0 atom stereocenters. The van der Waals surface area contributed by atoms with Crippen molar-refractivity contribution in [2.45, 2.75) is 4.90 Å². The van der Waals surface area contributed by atoms with Gasteiger partial charge in [-0.05, 0) is 12.1 Å². The number of anilines is 4. The van der Waals surface area contributed by atoms with Gasteiger partial charge in [0.2, 0.25) is 17.8 Å². The average molecular weight is 294 g/mol. The van der Waals surface area contributed by atoms with Crippen molar-refractivity contribution in [3.05, 3.63) is 24.3 Å². The Kier molecular flexibility index (Phi) is 4.69. The molecule has 3 N–H and O–H groups in total. The fraction of sp³-hybridized carbons (Fsp3) is 0.182. The minimum absolute atomic E-state index is 0.435. The number of rotatable bonds is 5. The first-order chi connectivity index (χ1) is 9.22. The summed E-state index contributed by atoms with van der Waals surface area (Å²) in [5, 5.41) is 8.91. The fourth-order valence-electron chi connectivity index (χ4n) is 1.39. The highest BCUT2D eigenvalue weighted by Gasteiger charge is 2.06. The van der Waals surface area contributed by atoms with Gasteiger partial charge in [0.05, 0.1) is 11.6 Å². The predicted molar refractivity (Wildman–Crippen MR) is 83.8 cm³/mol. The van der Waals surface area contributed by atoms with Crippen LogP contribution in [0.3, 0.4) is 0 Å². The van der Waals surface area contributed by atoms with E-state index in [4.69, 9.17) is 0 Å². The van der Waals surface area contributed by atoms with E-state index in [9.17, 15) is 0 Å². The second kappa shape index (κ2) is 6.48. The third-order valence-electron chi connectivity index (χ3n) is 2.25. The van der Waals surface area contributed by atoms with Crippen molar-refractivity contribution in [1.29, 1.82) is 0 Å². The lowest BCUT2D eigenvalue weighted by molar-refractivity contribution is 1.04. The number of thiol groups is 2. The molecule has 0 aliphatic heterocycles. The molecule has 0 aliphatic rings. The standard InChI is InChI=1S/C11H14N6S2/c1-12-9-15-10(13-6-18)17-11(16-9)14-7-4-2-3-5-8(7)19/h2-5,18-19H,6H2,1H3,(H3,12,13,14,15,16,17). The maximum atomic E-state index is 4.37. The van der Waals surface area contributed by atoms with Crippen LogP contribution in [0.1, 0.15) is 0 Å². The van der Waals surface area contributed by atoms with Gasteiger partial charge in [0.25, 0.3) is 0 Å². The van der Waals surface area contributed by atoms with Crippen molar-refractivity contribution in [3.8, 4) is 0 Å². The van der Waals surface area contributed by atoms with Crippen LogP contribution in [0.4, 0.5) is 23.5 Å². The van der Waals surface area contributed by atoms with Gasteiger partial charge in [-0.3, -0.25) is 0 Å². The number of para-hydroxylation sites is 1. The molecule has 0 saturated carbocycles. The van der Waals surface area contributed by atoms with Gasteiger partial charge in [-0.1, -0.05) is 12.1 Å². The number of nitrogens with one attached hydrogen (secondary N) is 3. The summed E-state index contributed by atoms with van der Waals surface area (Å²) in [5.74, 6) is 1.80. The average Bonchev–Trinajstić information content (AvgIpc) is 2.41. The summed E-state index contributed by atoms with van der Waals surface area (Å²) >= 11 is 8.45. The van der Waals surface area contributed by atoms with Crippen LogP contribution in [0, 0.1) is 0 Å². The molecule has 2 rings (SSSR count). The van der Waals surface area contributed by atoms with E-state index in [2.05, 4.69) is 56.2 Å². The van der Waals surface area contributed by atoms with Gasteiger partial charge in [0.15, 0.2) is 0 Å². The zero-order chi connectivity index (χ0) is 13.7. The van der Waals surface area contributed by atoms with Crippen molar-refractivity contribution in [2.75, 3.05) is 28.9 Å². The number of nitrogens with zero attached hydrogens (tertiary/aromatic N) is 3. The van der Waals surface area contributed by atoms with Gasteiger partial charge in [-0.15, -0.1) is 12.6 Å². The Labute approximate surface area is 122 Å². The first-order valence-electron chi connectivity index (χ1n) is 5.56. The molecule has 0 radical (unpaired) electrons. The molecule has 0 bridgehead atoms. The summed E-state index contributed by atoms with van der Waals surface area (Å²) in [6.45, 7) is 0. The van der Waals surface area contributed by atoms with E-state index in [1.165, 1.54) is 0 Å². The van der Waals surface area contributed by atoms with E-state index in [0.29, 0.717) is 23.7 Å². The SMILES string of the molecule is CNc1nc(NCS)nc(Nc2ccccc2S)n1. The third kappa shape index (κ3) is 3.65. The molecule has 0 spiro atoms. The molecule has 0 fully saturated rings. The Balaban J connectivity index is 2.29. The third-order valence-corrected chi connectivity index (χ3v) is 2.79. The van der Waals surface area contributed by atoms with E-state index in [1.807, 2.05) is 24.3 Å². The van der Waals surface area contributed by atoms with Crippen molar-refractivity contribution in [1.82, 2.24) is 15.0 Å². The Morgan fingerprint density at radius 3 is 2.42 bits per heavy atom. The lowest BCUT2D eigenvalue weighted by Gasteiger charge is -2.10. The molecule has 0 saturated heterocycles. The fourth-order valence-corrected chi connectivity index (χ4v) is 1.75. The molecule has 0 amide bonds. The number of aromatic nitrogens is 3. The predicted octanol–water partition coefficient (Wildman–Crippen LogP) is 2.24. The highest BCUT2D eigenvalue weighted by molar-refractivity contribution is 7.80. The lowest BCUT2D eigenvalue weighted by atomic mass is 10.3. The first-order valence-corrected chi connectivity index (χ1v) is 6.64. The lowest BCUT2D eigenvalue weighted by Crippen LogP contribution is -2.08. The molecular formula is C11H14N6S2. The van der Waals surface area contributed by atoms with Crippen LogP contribution in [0.25, 0.3) is 0 Å². The molecular weight excluding hydrogens is 280 g/mol. The number of benzene rings is 1. The van der Waals surface area contributed by atoms with Crippen molar-refractivity contribution < 1.29 is 0 Å².